The van der Waals surface area contributed by atoms with Crippen LogP contribution in [0.25, 0.3) is 0 Å². The van der Waals surface area contributed by atoms with E-state index in [0.29, 0.717) is 43.6 Å². The van der Waals surface area contributed by atoms with Gasteiger partial charge in [-0.3, -0.25) is 19.2 Å². The fraction of sp³-hybridized carbons (Fsp3) is 0.806. The minimum absolute atomic E-state index is 0.0109. The molecule has 37 heavy (non-hydrogen) atoms. The number of rotatable bonds is 8. The molecule has 4 aliphatic carbocycles. The molecule has 0 unspecified atom stereocenters. The van der Waals surface area contributed by atoms with Crippen LogP contribution in [0.4, 0.5) is 0 Å². The van der Waals surface area contributed by atoms with Crippen molar-refractivity contribution in [2.45, 2.75) is 105 Å². The van der Waals surface area contributed by atoms with E-state index in [0.717, 1.165) is 38.5 Å². The highest BCUT2D eigenvalue weighted by Crippen LogP contribution is 2.66. The fourth-order valence-corrected chi connectivity index (χ4v) is 8.79. The summed E-state index contributed by atoms with van der Waals surface area (Å²) in [6, 6.07) is 0. The Balaban J connectivity index is 1.45. The molecule has 0 bridgehead atoms. The van der Waals surface area contributed by atoms with E-state index in [1.807, 2.05) is 13.8 Å². The number of fused-ring (bicyclic) bond motifs is 5. The lowest BCUT2D eigenvalue weighted by molar-refractivity contribution is -0.149. The summed E-state index contributed by atoms with van der Waals surface area (Å²) in [6.45, 7) is 11.9. The number of hydrogen-bond donors (Lipinski definition) is 0. The van der Waals surface area contributed by atoms with Gasteiger partial charge in [-0.15, -0.1) is 0 Å². The van der Waals surface area contributed by atoms with E-state index in [-0.39, 0.29) is 58.2 Å². The molecule has 0 aromatic rings. The van der Waals surface area contributed by atoms with Crippen molar-refractivity contribution in [3.63, 3.8) is 0 Å². The minimum atomic E-state index is -0.298. The molecule has 0 amide bonds. The Morgan fingerprint density at radius 2 is 1.76 bits per heavy atom. The maximum Gasteiger partial charge on any atom is 0.302 e. The molecule has 4 aliphatic rings. The van der Waals surface area contributed by atoms with Crippen molar-refractivity contribution in [3.05, 3.63) is 11.6 Å². The molecular formula is C31H46O6. The third kappa shape index (κ3) is 5.31. The zero-order valence-electron chi connectivity index (χ0n) is 23.6. The SMILES string of the molecule is CC(=O)OC[C@H](C)CCC(=O)[C@H](C)[C@H]1C(=O)C[C@H]2[C@@H]3CC=C4C[C@@H](OC(C)=O)CC[C@]4(C)[C@H]3CC[C@]12C. The lowest BCUT2D eigenvalue weighted by Crippen LogP contribution is -2.51. The van der Waals surface area contributed by atoms with Crippen LogP contribution < -0.4 is 0 Å². The number of carbonyl (C=O) groups excluding carboxylic acids is 4. The number of hydrogen-bond acceptors (Lipinski definition) is 6. The number of ketones is 2. The van der Waals surface area contributed by atoms with Crippen LogP contribution in [-0.4, -0.2) is 36.2 Å². The zero-order valence-corrected chi connectivity index (χ0v) is 23.6. The number of allylic oxidation sites excluding steroid dienone is 1. The second-order valence-corrected chi connectivity index (χ2v) is 13.1. The van der Waals surface area contributed by atoms with Crippen molar-refractivity contribution in [2.75, 3.05) is 6.61 Å². The van der Waals surface area contributed by atoms with Gasteiger partial charge >= 0.3 is 11.9 Å². The third-order valence-electron chi connectivity index (χ3n) is 10.8. The van der Waals surface area contributed by atoms with Crippen molar-refractivity contribution < 1.29 is 28.7 Å². The molecule has 6 heteroatoms. The van der Waals surface area contributed by atoms with Crippen molar-refractivity contribution in [2.24, 2.45) is 46.3 Å². The molecule has 0 saturated heterocycles. The van der Waals surface area contributed by atoms with Crippen LogP contribution in [0, 0.1) is 46.3 Å². The predicted molar refractivity (Wildman–Crippen MR) is 140 cm³/mol. The van der Waals surface area contributed by atoms with Crippen LogP contribution in [0.2, 0.25) is 0 Å². The normalized spacial score (nSPS) is 38.4. The Hall–Kier alpha value is -1.98. The molecule has 0 radical (unpaired) electrons. The first kappa shape index (κ1) is 28.0. The van der Waals surface area contributed by atoms with Crippen LogP contribution in [0.3, 0.4) is 0 Å². The molecule has 206 valence electrons. The van der Waals surface area contributed by atoms with E-state index in [1.165, 1.54) is 19.4 Å². The summed E-state index contributed by atoms with van der Waals surface area (Å²) < 4.78 is 10.7. The Kier molecular flexibility index (Phi) is 8.07. The van der Waals surface area contributed by atoms with Crippen LogP contribution >= 0.6 is 0 Å². The average molecular weight is 515 g/mol. The Morgan fingerprint density at radius 3 is 2.43 bits per heavy atom. The maximum atomic E-state index is 13.5. The van der Waals surface area contributed by atoms with Gasteiger partial charge < -0.3 is 9.47 Å². The van der Waals surface area contributed by atoms with Gasteiger partial charge in [0.1, 0.15) is 17.7 Å². The Bertz CT molecular complexity index is 967. The molecule has 0 aliphatic heterocycles. The maximum absolute atomic E-state index is 13.5. The standard InChI is InChI=1S/C31H46O6/c1-18(17-36-20(3)32)7-10-27(34)19(2)29-28(35)16-26-24-9-8-22-15-23(37-21(4)33)11-13-30(22,5)25(24)12-14-31(26,29)6/h8,18-19,23-26,29H,7,9-17H2,1-6H3/t18-,19+,23+,24-,25+,26+,29+,30+,31+/m1/s1. The van der Waals surface area contributed by atoms with Gasteiger partial charge in [-0.05, 0) is 73.0 Å². The summed E-state index contributed by atoms with van der Waals surface area (Å²) in [4.78, 5) is 49.4. The predicted octanol–water partition coefficient (Wildman–Crippen LogP) is 5.86. The van der Waals surface area contributed by atoms with Gasteiger partial charge in [0.15, 0.2) is 0 Å². The monoisotopic (exact) mass is 514 g/mol. The minimum Gasteiger partial charge on any atom is -0.466 e. The van der Waals surface area contributed by atoms with Crippen molar-refractivity contribution >= 4 is 23.5 Å². The van der Waals surface area contributed by atoms with Gasteiger partial charge in [-0.2, -0.15) is 0 Å². The summed E-state index contributed by atoms with van der Waals surface area (Å²) >= 11 is 0. The van der Waals surface area contributed by atoms with Crippen molar-refractivity contribution in [3.8, 4) is 0 Å². The largest absolute Gasteiger partial charge is 0.466 e. The lowest BCUT2D eigenvalue weighted by atomic mass is 9.47. The molecule has 9 atom stereocenters. The quantitative estimate of drug-likeness (QED) is 0.298. The molecule has 3 fully saturated rings. The summed E-state index contributed by atoms with van der Waals surface area (Å²) in [5.41, 5.74) is 1.43. The van der Waals surface area contributed by atoms with Gasteiger partial charge in [-0.25, -0.2) is 0 Å². The molecule has 0 aromatic heterocycles. The first-order valence-corrected chi connectivity index (χ1v) is 14.4. The van der Waals surface area contributed by atoms with Crippen LogP contribution in [0.15, 0.2) is 11.6 Å². The molecular weight excluding hydrogens is 468 g/mol. The van der Waals surface area contributed by atoms with Gasteiger partial charge in [-0.1, -0.05) is 39.3 Å². The third-order valence-corrected chi connectivity index (χ3v) is 10.8. The average Bonchev–Trinajstić information content (AvgIpc) is 3.10. The highest BCUT2D eigenvalue weighted by molar-refractivity contribution is 5.92. The molecule has 0 spiro atoms. The summed E-state index contributed by atoms with van der Waals surface area (Å²) in [5, 5.41) is 0. The first-order valence-electron chi connectivity index (χ1n) is 14.4. The topological polar surface area (TPSA) is 86.7 Å². The van der Waals surface area contributed by atoms with Gasteiger partial charge in [0, 0.05) is 44.9 Å². The molecule has 0 heterocycles. The molecule has 6 nitrogen and oxygen atoms in total. The summed E-state index contributed by atoms with van der Waals surface area (Å²) in [6.07, 6.45) is 9.92. The van der Waals surface area contributed by atoms with E-state index < -0.39 is 0 Å². The van der Waals surface area contributed by atoms with E-state index in [2.05, 4.69) is 19.9 Å². The summed E-state index contributed by atoms with van der Waals surface area (Å²) in [7, 11) is 0. The Morgan fingerprint density at radius 1 is 1.03 bits per heavy atom. The van der Waals surface area contributed by atoms with E-state index in [4.69, 9.17) is 9.47 Å². The number of ether oxygens (including phenoxy) is 2. The van der Waals surface area contributed by atoms with Gasteiger partial charge in [0.25, 0.3) is 0 Å². The van der Waals surface area contributed by atoms with Crippen LogP contribution in [-0.2, 0) is 28.7 Å². The van der Waals surface area contributed by atoms with Crippen molar-refractivity contribution in [1.82, 2.24) is 0 Å². The number of carbonyl (C=O) groups is 4. The summed E-state index contributed by atoms with van der Waals surface area (Å²) in [5.74, 6) is 0.932. The smallest absolute Gasteiger partial charge is 0.302 e. The van der Waals surface area contributed by atoms with Gasteiger partial charge in [0.2, 0.25) is 0 Å². The molecule has 0 aromatic carbocycles. The Labute approximate surface area is 222 Å². The zero-order chi connectivity index (χ0) is 27.1. The molecule has 4 rings (SSSR count). The van der Waals surface area contributed by atoms with Crippen LogP contribution in [0.5, 0.6) is 0 Å². The highest BCUT2D eigenvalue weighted by Gasteiger charge is 2.62. The van der Waals surface area contributed by atoms with E-state index in [9.17, 15) is 19.2 Å². The fourth-order valence-electron chi connectivity index (χ4n) is 8.79. The van der Waals surface area contributed by atoms with Gasteiger partial charge in [0.05, 0.1) is 6.61 Å². The molecule has 0 N–H and O–H groups in total. The van der Waals surface area contributed by atoms with Crippen molar-refractivity contribution in [1.29, 1.82) is 0 Å². The number of esters is 2. The molecule has 3 saturated carbocycles. The van der Waals surface area contributed by atoms with E-state index >= 15 is 0 Å². The first-order chi connectivity index (χ1) is 17.4. The van der Waals surface area contributed by atoms with E-state index in [1.54, 1.807) is 0 Å². The second-order valence-electron chi connectivity index (χ2n) is 13.1. The van der Waals surface area contributed by atoms with Crippen LogP contribution in [0.1, 0.15) is 99.3 Å². The second kappa shape index (κ2) is 10.6. The highest BCUT2D eigenvalue weighted by atomic mass is 16.5. The lowest BCUT2D eigenvalue weighted by Gasteiger charge is -2.58. The number of Topliss-reactive ketones (excluding diaryl/α,β-unsaturated/α-hetero) is 2.